The van der Waals surface area contributed by atoms with Crippen molar-refractivity contribution in [1.29, 1.82) is 0 Å². The second kappa shape index (κ2) is 5.51. The molecule has 2 rings (SSSR count). The van der Waals surface area contributed by atoms with Crippen LogP contribution in [-0.2, 0) is 11.2 Å². The van der Waals surface area contributed by atoms with E-state index in [2.05, 4.69) is 12.2 Å². The highest BCUT2D eigenvalue weighted by molar-refractivity contribution is 5.79. The molecule has 0 aliphatic carbocycles. The molecule has 19 heavy (non-hydrogen) atoms. The van der Waals surface area contributed by atoms with Crippen LogP contribution in [0.3, 0.4) is 0 Å². The van der Waals surface area contributed by atoms with Crippen molar-refractivity contribution in [2.24, 2.45) is 0 Å². The van der Waals surface area contributed by atoms with Crippen molar-refractivity contribution in [1.82, 2.24) is 5.32 Å². The first-order valence-corrected chi connectivity index (χ1v) is 6.67. The third-order valence-electron chi connectivity index (χ3n) is 3.47. The Kier molecular flexibility index (Phi) is 3.98. The topological polar surface area (TPSA) is 47.6 Å². The maximum absolute atomic E-state index is 11.4. The zero-order valence-corrected chi connectivity index (χ0v) is 11.8. The largest absolute Gasteiger partial charge is 0.493 e. The lowest BCUT2D eigenvalue weighted by molar-refractivity contribution is -0.119. The molecule has 0 spiro atoms. The summed E-state index contributed by atoms with van der Waals surface area (Å²) in [5.41, 5.74) is 1.000. The third-order valence-corrected chi connectivity index (χ3v) is 3.47. The molecule has 1 saturated heterocycles. The van der Waals surface area contributed by atoms with Gasteiger partial charge in [0, 0.05) is 12.0 Å². The predicted octanol–water partition coefficient (Wildman–Crippen LogP) is 2.31. The van der Waals surface area contributed by atoms with Gasteiger partial charge in [-0.05, 0) is 44.4 Å². The Morgan fingerprint density at radius 2 is 2.16 bits per heavy atom. The lowest BCUT2D eigenvalue weighted by Crippen LogP contribution is -2.40. The number of carbonyl (C=O) groups is 1. The molecular weight excluding hydrogens is 242 g/mol. The van der Waals surface area contributed by atoms with E-state index < -0.39 is 0 Å². The molecule has 1 atom stereocenters. The number of methoxy groups -OCH3 is 1. The normalized spacial score (nSPS) is 22.2. The van der Waals surface area contributed by atoms with Crippen LogP contribution in [0.2, 0.25) is 0 Å². The first-order valence-electron chi connectivity index (χ1n) is 6.67. The Balaban J connectivity index is 2.15. The van der Waals surface area contributed by atoms with Crippen LogP contribution in [-0.4, -0.2) is 25.2 Å². The van der Waals surface area contributed by atoms with E-state index >= 15 is 0 Å². The van der Waals surface area contributed by atoms with Crippen LogP contribution in [0.15, 0.2) is 18.2 Å². The molecule has 1 N–H and O–H groups in total. The number of rotatable bonds is 5. The van der Waals surface area contributed by atoms with Gasteiger partial charge in [0.25, 0.3) is 0 Å². The minimum absolute atomic E-state index is 0.139. The van der Waals surface area contributed by atoms with E-state index in [0.29, 0.717) is 13.0 Å². The fraction of sp³-hybridized carbons (Fsp3) is 0.533. The maximum Gasteiger partial charge on any atom is 0.220 e. The SMILES string of the molecule is CCOc1ccc(CC2(C)CCC(=O)N2)cc1OC. The molecule has 0 bridgehead atoms. The van der Waals surface area contributed by atoms with E-state index in [-0.39, 0.29) is 11.4 Å². The number of hydrogen-bond donors (Lipinski definition) is 1. The first kappa shape index (κ1) is 13.7. The van der Waals surface area contributed by atoms with Gasteiger partial charge in [-0.3, -0.25) is 4.79 Å². The van der Waals surface area contributed by atoms with Crippen molar-refractivity contribution in [3.8, 4) is 11.5 Å². The van der Waals surface area contributed by atoms with Crippen LogP contribution in [0, 0.1) is 0 Å². The first-order chi connectivity index (χ1) is 9.06. The summed E-state index contributed by atoms with van der Waals surface area (Å²) < 4.78 is 10.8. The van der Waals surface area contributed by atoms with E-state index in [4.69, 9.17) is 9.47 Å². The smallest absolute Gasteiger partial charge is 0.220 e. The molecule has 1 heterocycles. The van der Waals surface area contributed by atoms with Gasteiger partial charge >= 0.3 is 0 Å². The quantitative estimate of drug-likeness (QED) is 0.886. The summed E-state index contributed by atoms with van der Waals surface area (Å²) in [6, 6.07) is 5.95. The van der Waals surface area contributed by atoms with Crippen LogP contribution >= 0.6 is 0 Å². The van der Waals surface area contributed by atoms with Crippen molar-refractivity contribution in [2.45, 2.75) is 38.6 Å². The minimum Gasteiger partial charge on any atom is -0.493 e. The zero-order valence-electron chi connectivity index (χ0n) is 11.8. The zero-order chi connectivity index (χ0) is 13.9. The molecule has 1 fully saturated rings. The van der Waals surface area contributed by atoms with Crippen molar-refractivity contribution in [2.75, 3.05) is 13.7 Å². The molecule has 1 aliphatic heterocycles. The molecule has 1 amide bonds. The Labute approximate surface area is 114 Å². The summed E-state index contributed by atoms with van der Waals surface area (Å²) in [5.74, 6) is 1.64. The highest BCUT2D eigenvalue weighted by Crippen LogP contribution is 2.31. The highest BCUT2D eigenvalue weighted by atomic mass is 16.5. The summed E-state index contributed by atoms with van der Waals surface area (Å²) >= 11 is 0. The van der Waals surface area contributed by atoms with E-state index in [0.717, 1.165) is 29.9 Å². The van der Waals surface area contributed by atoms with Crippen molar-refractivity contribution in [3.05, 3.63) is 23.8 Å². The maximum atomic E-state index is 11.4. The lowest BCUT2D eigenvalue weighted by Gasteiger charge is -2.24. The molecule has 0 saturated carbocycles. The number of amides is 1. The van der Waals surface area contributed by atoms with Crippen molar-refractivity contribution >= 4 is 5.91 Å². The molecule has 0 radical (unpaired) electrons. The molecule has 4 nitrogen and oxygen atoms in total. The van der Waals surface area contributed by atoms with Gasteiger partial charge in [-0.2, -0.15) is 0 Å². The average molecular weight is 263 g/mol. The van der Waals surface area contributed by atoms with Gasteiger partial charge in [0.2, 0.25) is 5.91 Å². The molecule has 104 valence electrons. The molecule has 1 unspecified atom stereocenters. The predicted molar refractivity (Wildman–Crippen MR) is 73.6 cm³/mol. The van der Waals surface area contributed by atoms with Crippen LogP contribution in [0.4, 0.5) is 0 Å². The molecule has 1 aliphatic rings. The fourth-order valence-electron chi connectivity index (χ4n) is 2.53. The highest BCUT2D eigenvalue weighted by Gasteiger charge is 2.33. The number of hydrogen-bond acceptors (Lipinski definition) is 3. The van der Waals surface area contributed by atoms with Crippen LogP contribution < -0.4 is 14.8 Å². The van der Waals surface area contributed by atoms with E-state index in [1.165, 1.54) is 0 Å². The summed E-state index contributed by atoms with van der Waals surface area (Å²) in [5, 5.41) is 3.04. The van der Waals surface area contributed by atoms with Gasteiger partial charge in [0.1, 0.15) is 0 Å². The van der Waals surface area contributed by atoms with Crippen LogP contribution in [0.5, 0.6) is 11.5 Å². The van der Waals surface area contributed by atoms with Gasteiger partial charge in [-0.1, -0.05) is 6.07 Å². The summed E-state index contributed by atoms with van der Waals surface area (Å²) in [6.45, 7) is 4.65. The van der Waals surface area contributed by atoms with Gasteiger partial charge in [-0.15, -0.1) is 0 Å². The van der Waals surface area contributed by atoms with Crippen molar-refractivity contribution < 1.29 is 14.3 Å². The summed E-state index contributed by atoms with van der Waals surface area (Å²) in [7, 11) is 1.64. The van der Waals surface area contributed by atoms with Gasteiger partial charge < -0.3 is 14.8 Å². The standard InChI is InChI=1S/C15H21NO3/c1-4-19-12-6-5-11(9-13(12)18-3)10-15(2)8-7-14(17)16-15/h5-6,9H,4,7-8,10H2,1-3H3,(H,16,17). The lowest BCUT2D eigenvalue weighted by atomic mass is 9.91. The van der Waals surface area contributed by atoms with Crippen LogP contribution in [0.25, 0.3) is 0 Å². The van der Waals surface area contributed by atoms with Crippen molar-refractivity contribution in [3.63, 3.8) is 0 Å². The van der Waals surface area contributed by atoms with Gasteiger partial charge in [0.05, 0.1) is 13.7 Å². The average Bonchev–Trinajstić information content (AvgIpc) is 2.71. The number of ether oxygens (including phenoxy) is 2. The van der Waals surface area contributed by atoms with E-state index in [9.17, 15) is 4.79 Å². The Hall–Kier alpha value is -1.71. The molecule has 1 aromatic carbocycles. The monoisotopic (exact) mass is 263 g/mol. The van der Waals surface area contributed by atoms with E-state index in [1.54, 1.807) is 7.11 Å². The molecule has 0 aromatic heterocycles. The third kappa shape index (κ3) is 3.19. The van der Waals surface area contributed by atoms with Crippen LogP contribution in [0.1, 0.15) is 32.3 Å². The Morgan fingerprint density at radius 1 is 1.37 bits per heavy atom. The number of benzene rings is 1. The molecular formula is C15H21NO3. The molecule has 1 aromatic rings. The second-order valence-electron chi connectivity index (χ2n) is 5.20. The second-order valence-corrected chi connectivity index (χ2v) is 5.20. The Morgan fingerprint density at radius 3 is 2.74 bits per heavy atom. The van der Waals surface area contributed by atoms with Gasteiger partial charge in [0.15, 0.2) is 11.5 Å². The summed E-state index contributed by atoms with van der Waals surface area (Å²) in [6.07, 6.45) is 2.30. The summed E-state index contributed by atoms with van der Waals surface area (Å²) in [4.78, 5) is 11.4. The fourth-order valence-corrected chi connectivity index (χ4v) is 2.53. The number of carbonyl (C=O) groups excluding carboxylic acids is 1. The molecule has 4 heteroatoms. The number of nitrogens with one attached hydrogen (secondary N) is 1. The van der Waals surface area contributed by atoms with Gasteiger partial charge in [-0.25, -0.2) is 0 Å². The Bertz CT molecular complexity index is 472. The minimum atomic E-state index is -0.144. The van der Waals surface area contributed by atoms with E-state index in [1.807, 2.05) is 25.1 Å².